The van der Waals surface area contributed by atoms with Gasteiger partial charge in [-0.3, -0.25) is 5.10 Å². The van der Waals surface area contributed by atoms with Crippen molar-refractivity contribution < 1.29 is 8.42 Å². The number of rotatable bonds is 4. The molecule has 0 aromatic carbocycles. The van der Waals surface area contributed by atoms with Gasteiger partial charge in [-0.2, -0.15) is 5.10 Å². The Morgan fingerprint density at radius 3 is 2.53 bits per heavy atom. The van der Waals surface area contributed by atoms with Gasteiger partial charge >= 0.3 is 0 Å². The van der Waals surface area contributed by atoms with E-state index in [1.54, 1.807) is 0 Å². The standard InChI is InChI=1S/C12H22N4O2S/c13-8-10-9-14-15-12(10)19(17,18)16-11-6-4-2-1-3-5-7-11/h9,11,16H,1-8,13H2,(H,14,15). The highest BCUT2D eigenvalue weighted by Gasteiger charge is 2.24. The molecule has 0 bridgehead atoms. The van der Waals surface area contributed by atoms with Crippen LogP contribution in [-0.4, -0.2) is 24.7 Å². The number of sulfonamides is 1. The Morgan fingerprint density at radius 1 is 1.26 bits per heavy atom. The molecule has 0 atom stereocenters. The topological polar surface area (TPSA) is 101 Å². The molecule has 1 aromatic rings. The Bertz CT molecular complexity index is 490. The summed E-state index contributed by atoms with van der Waals surface area (Å²) < 4.78 is 27.4. The minimum Gasteiger partial charge on any atom is -0.326 e. The summed E-state index contributed by atoms with van der Waals surface area (Å²) in [6, 6.07) is 0.0271. The number of nitrogens with one attached hydrogen (secondary N) is 2. The fourth-order valence-corrected chi connectivity index (χ4v) is 3.98. The van der Waals surface area contributed by atoms with E-state index in [2.05, 4.69) is 14.9 Å². The van der Waals surface area contributed by atoms with Crippen molar-refractivity contribution in [2.45, 2.75) is 62.6 Å². The summed E-state index contributed by atoms with van der Waals surface area (Å²) in [7, 11) is -3.54. The highest BCUT2D eigenvalue weighted by Crippen LogP contribution is 2.19. The molecular formula is C12H22N4O2S. The molecule has 7 heteroatoms. The van der Waals surface area contributed by atoms with Crippen LogP contribution < -0.4 is 10.5 Å². The number of nitrogens with zero attached hydrogens (tertiary/aromatic N) is 1. The van der Waals surface area contributed by atoms with E-state index in [0.29, 0.717) is 5.56 Å². The Labute approximate surface area is 114 Å². The molecule has 1 aliphatic carbocycles. The summed E-state index contributed by atoms with van der Waals surface area (Å²) >= 11 is 0. The van der Waals surface area contributed by atoms with Crippen molar-refractivity contribution in [1.82, 2.24) is 14.9 Å². The fraction of sp³-hybridized carbons (Fsp3) is 0.750. The Balaban J connectivity index is 2.07. The lowest BCUT2D eigenvalue weighted by Crippen LogP contribution is -2.36. The van der Waals surface area contributed by atoms with E-state index in [4.69, 9.17) is 5.73 Å². The van der Waals surface area contributed by atoms with E-state index in [1.807, 2.05) is 0 Å². The third kappa shape index (κ3) is 3.77. The van der Waals surface area contributed by atoms with E-state index < -0.39 is 10.0 Å². The van der Waals surface area contributed by atoms with Crippen LogP contribution in [0.5, 0.6) is 0 Å². The second kappa shape index (κ2) is 6.49. The predicted octanol–water partition coefficient (Wildman–Crippen LogP) is 1.26. The average Bonchev–Trinajstić information content (AvgIpc) is 2.81. The van der Waals surface area contributed by atoms with Gasteiger partial charge < -0.3 is 5.73 Å². The maximum atomic E-state index is 12.3. The van der Waals surface area contributed by atoms with Crippen molar-refractivity contribution in [3.63, 3.8) is 0 Å². The summed E-state index contributed by atoms with van der Waals surface area (Å²) in [5.74, 6) is 0. The minimum absolute atomic E-state index is 0.0271. The van der Waals surface area contributed by atoms with Crippen molar-refractivity contribution in [2.24, 2.45) is 5.73 Å². The number of hydrogen-bond acceptors (Lipinski definition) is 4. The normalized spacial score (nSPS) is 19.0. The summed E-state index contributed by atoms with van der Waals surface area (Å²) in [5, 5.41) is 6.40. The molecule has 1 heterocycles. The van der Waals surface area contributed by atoms with Crippen molar-refractivity contribution in [3.05, 3.63) is 11.8 Å². The zero-order valence-electron chi connectivity index (χ0n) is 11.1. The quantitative estimate of drug-likeness (QED) is 0.775. The van der Waals surface area contributed by atoms with Gasteiger partial charge in [0.25, 0.3) is 10.0 Å². The van der Waals surface area contributed by atoms with Gasteiger partial charge in [-0.05, 0) is 12.8 Å². The molecule has 2 rings (SSSR count). The first-order chi connectivity index (χ1) is 9.13. The lowest BCUT2D eigenvalue weighted by atomic mass is 9.97. The van der Waals surface area contributed by atoms with Gasteiger partial charge in [-0.25, -0.2) is 13.1 Å². The average molecular weight is 286 g/mol. The molecule has 1 aromatic heterocycles. The Kier molecular flexibility index (Phi) is 4.95. The minimum atomic E-state index is -3.54. The van der Waals surface area contributed by atoms with Crippen molar-refractivity contribution in [2.75, 3.05) is 0 Å². The van der Waals surface area contributed by atoms with Gasteiger partial charge in [0.1, 0.15) is 0 Å². The summed E-state index contributed by atoms with van der Waals surface area (Å²) in [6.07, 6.45) is 9.09. The highest BCUT2D eigenvalue weighted by molar-refractivity contribution is 7.89. The second-order valence-corrected chi connectivity index (χ2v) is 6.74. The number of nitrogens with two attached hydrogens (primary N) is 1. The van der Waals surface area contributed by atoms with Crippen LogP contribution in [0.2, 0.25) is 0 Å². The van der Waals surface area contributed by atoms with E-state index in [-0.39, 0.29) is 17.6 Å². The van der Waals surface area contributed by atoms with Gasteiger partial charge in [-0.15, -0.1) is 0 Å². The van der Waals surface area contributed by atoms with E-state index in [9.17, 15) is 8.42 Å². The van der Waals surface area contributed by atoms with Crippen LogP contribution in [0.3, 0.4) is 0 Å². The van der Waals surface area contributed by atoms with Crippen molar-refractivity contribution >= 4 is 10.0 Å². The SMILES string of the molecule is NCc1cn[nH]c1S(=O)(=O)NC1CCCCCCC1. The number of aromatic nitrogens is 2. The van der Waals surface area contributed by atoms with Crippen LogP contribution in [0.15, 0.2) is 11.2 Å². The van der Waals surface area contributed by atoms with Crippen molar-refractivity contribution in [3.8, 4) is 0 Å². The van der Waals surface area contributed by atoms with Crippen LogP contribution >= 0.6 is 0 Å². The first kappa shape index (κ1) is 14.5. The zero-order valence-corrected chi connectivity index (χ0v) is 11.9. The van der Waals surface area contributed by atoms with Crippen molar-refractivity contribution in [1.29, 1.82) is 0 Å². The van der Waals surface area contributed by atoms with Gasteiger partial charge in [0.15, 0.2) is 5.03 Å². The molecule has 0 amide bonds. The number of H-pyrrole nitrogens is 1. The molecule has 4 N–H and O–H groups in total. The summed E-state index contributed by atoms with van der Waals surface area (Å²) in [4.78, 5) is 0. The fourth-order valence-electron chi connectivity index (χ4n) is 2.53. The zero-order chi connectivity index (χ0) is 13.7. The van der Waals surface area contributed by atoms with Crippen LogP contribution in [0, 0.1) is 0 Å². The lowest BCUT2D eigenvalue weighted by Gasteiger charge is -2.20. The van der Waals surface area contributed by atoms with Crippen LogP contribution in [-0.2, 0) is 16.6 Å². The van der Waals surface area contributed by atoms with Gasteiger partial charge in [-0.1, -0.05) is 32.1 Å². The van der Waals surface area contributed by atoms with E-state index >= 15 is 0 Å². The molecule has 0 aliphatic heterocycles. The van der Waals surface area contributed by atoms with Gasteiger partial charge in [0, 0.05) is 18.2 Å². The predicted molar refractivity (Wildman–Crippen MR) is 72.9 cm³/mol. The molecule has 1 aliphatic rings. The summed E-state index contributed by atoms with van der Waals surface area (Å²) in [6.45, 7) is 0.164. The monoisotopic (exact) mass is 286 g/mol. The summed E-state index contributed by atoms with van der Waals surface area (Å²) in [5.41, 5.74) is 6.04. The van der Waals surface area contributed by atoms with Crippen LogP contribution in [0.1, 0.15) is 50.5 Å². The molecule has 1 saturated carbocycles. The number of hydrogen-bond donors (Lipinski definition) is 3. The molecule has 0 saturated heterocycles. The molecule has 0 unspecified atom stereocenters. The van der Waals surface area contributed by atoms with Gasteiger partial charge in [0.05, 0.1) is 6.20 Å². The molecule has 1 fully saturated rings. The Morgan fingerprint density at radius 2 is 1.89 bits per heavy atom. The van der Waals surface area contributed by atoms with E-state index in [0.717, 1.165) is 25.7 Å². The molecular weight excluding hydrogens is 264 g/mol. The third-order valence-corrected chi connectivity index (χ3v) is 5.13. The molecule has 6 nitrogen and oxygen atoms in total. The maximum Gasteiger partial charge on any atom is 0.258 e. The first-order valence-electron chi connectivity index (χ1n) is 6.88. The third-order valence-electron chi connectivity index (χ3n) is 3.59. The largest absolute Gasteiger partial charge is 0.326 e. The smallest absolute Gasteiger partial charge is 0.258 e. The molecule has 19 heavy (non-hydrogen) atoms. The second-order valence-electron chi connectivity index (χ2n) is 5.09. The Hall–Kier alpha value is -0.920. The number of aromatic amines is 1. The first-order valence-corrected chi connectivity index (χ1v) is 8.36. The molecule has 108 valence electrons. The molecule has 0 radical (unpaired) electrons. The highest BCUT2D eigenvalue weighted by atomic mass is 32.2. The lowest BCUT2D eigenvalue weighted by molar-refractivity contribution is 0.426. The van der Waals surface area contributed by atoms with E-state index in [1.165, 1.54) is 25.5 Å². The van der Waals surface area contributed by atoms with Crippen LogP contribution in [0.4, 0.5) is 0 Å². The van der Waals surface area contributed by atoms with Crippen LogP contribution in [0.25, 0.3) is 0 Å². The maximum absolute atomic E-state index is 12.3. The molecule has 0 spiro atoms. The van der Waals surface area contributed by atoms with Gasteiger partial charge in [0.2, 0.25) is 0 Å².